The van der Waals surface area contributed by atoms with Gasteiger partial charge in [-0.25, -0.2) is 0 Å². The molecule has 1 saturated heterocycles. The lowest BCUT2D eigenvalue weighted by Gasteiger charge is -2.15. The predicted molar refractivity (Wildman–Crippen MR) is 96.1 cm³/mol. The zero-order valence-corrected chi connectivity index (χ0v) is 14.4. The molecule has 2 N–H and O–H groups in total. The van der Waals surface area contributed by atoms with Crippen LogP contribution in [0.1, 0.15) is 18.4 Å². The molecule has 0 aliphatic carbocycles. The SMILES string of the molecule is COCCN1CC[C@H](CNC(=O)CCc2c[nH]c3ccccc23)C1. The van der Waals surface area contributed by atoms with Crippen molar-refractivity contribution in [3.05, 3.63) is 36.0 Å². The summed E-state index contributed by atoms with van der Waals surface area (Å²) in [4.78, 5) is 17.8. The van der Waals surface area contributed by atoms with E-state index in [4.69, 9.17) is 4.74 Å². The van der Waals surface area contributed by atoms with Gasteiger partial charge in [-0.2, -0.15) is 0 Å². The Hall–Kier alpha value is -1.85. The van der Waals surface area contributed by atoms with Gasteiger partial charge in [-0.05, 0) is 36.9 Å². The first-order valence-electron chi connectivity index (χ1n) is 8.79. The van der Waals surface area contributed by atoms with E-state index in [-0.39, 0.29) is 5.91 Å². The number of benzene rings is 1. The van der Waals surface area contributed by atoms with Crippen molar-refractivity contribution in [2.24, 2.45) is 5.92 Å². The van der Waals surface area contributed by atoms with Gasteiger partial charge in [-0.15, -0.1) is 0 Å². The van der Waals surface area contributed by atoms with E-state index in [0.29, 0.717) is 12.3 Å². The molecule has 2 heterocycles. The van der Waals surface area contributed by atoms with Gasteiger partial charge in [-0.3, -0.25) is 4.79 Å². The van der Waals surface area contributed by atoms with Crippen LogP contribution in [0, 0.1) is 5.92 Å². The summed E-state index contributed by atoms with van der Waals surface area (Å²) in [6.45, 7) is 4.73. The summed E-state index contributed by atoms with van der Waals surface area (Å²) in [6, 6.07) is 8.22. The van der Waals surface area contributed by atoms with Crippen LogP contribution in [0.25, 0.3) is 10.9 Å². The van der Waals surface area contributed by atoms with Crippen molar-refractivity contribution >= 4 is 16.8 Å². The van der Waals surface area contributed by atoms with Crippen LogP contribution in [0.4, 0.5) is 0 Å². The Labute approximate surface area is 143 Å². The maximum absolute atomic E-state index is 12.1. The molecule has 1 aliphatic heterocycles. The van der Waals surface area contributed by atoms with Crippen molar-refractivity contribution in [3.63, 3.8) is 0 Å². The maximum atomic E-state index is 12.1. The molecule has 24 heavy (non-hydrogen) atoms. The highest BCUT2D eigenvalue weighted by molar-refractivity contribution is 5.84. The largest absolute Gasteiger partial charge is 0.383 e. The molecule has 1 aliphatic rings. The Morgan fingerprint density at radius 3 is 3.17 bits per heavy atom. The number of H-pyrrole nitrogens is 1. The second-order valence-electron chi connectivity index (χ2n) is 6.61. The van der Waals surface area contributed by atoms with Crippen LogP contribution in [0.15, 0.2) is 30.5 Å². The molecule has 0 spiro atoms. The Bertz CT molecular complexity index is 667. The number of ether oxygens (including phenoxy) is 1. The van der Waals surface area contributed by atoms with E-state index >= 15 is 0 Å². The van der Waals surface area contributed by atoms with Gasteiger partial charge in [0.15, 0.2) is 0 Å². The third-order valence-electron chi connectivity index (χ3n) is 4.87. The first-order valence-corrected chi connectivity index (χ1v) is 8.79. The predicted octanol–water partition coefficient (Wildman–Crippen LogP) is 2.18. The Morgan fingerprint density at radius 2 is 2.29 bits per heavy atom. The molecule has 5 heteroatoms. The third kappa shape index (κ3) is 4.36. The maximum Gasteiger partial charge on any atom is 0.220 e. The zero-order valence-electron chi connectivity index (χ0n) is 14.4. The van der Waals surface area contributed by atoms with Gasteiger partial charge in [0, 0.05) is 50.3 Å². The van der Waals surface area contributed by atoms with Gasteiger partial charge in [0.1, 0.15) is 0 Å². The van der Waals surface area contributed by atoms with Crippen LogP contribution in [0.2, 0.25) is 0 Å². The Morgan fingerprint density at radius 1 is 1.42 bits per heavy atom. The number of hydrogen-bond donors (Lipinski definition) is 2. The molecular weight excluding hydrogens is 302 g/mol. The lowest BCUT2D eigenvalue weighted by atomic mass is 10.1. The van der Waals surface area contributed by atoms with Crippen LogP contribution < -0.4 is 5.32 Å². The molecule has 1 fully saturated rings. The molecule has 1 aromatic heterocycles. The zero-order chi connectivity index (χ0) is 16.8. The van der Waals surface area contributed by atoms with E-state index in [2.05, 4.69) is 27.3 Å². The van der Waals surface area contributed by atoms with E-state index in [0.717, 1.165) is 51.1 Å². The lowest BCUT2D eigenvalue weighted by molar-refractivity contribution is -0.121. The fourth-order valence-corrected chi connectivity index (χ4v) is 3.44. The second kappa shape index (κ2) is 8.31. The fraction of sp³-hybridized carbons (Fsp3) is 0.526. The van der Waals surface area contributed by atoms with Gasteiger partial charge >= 0.3 is 0 Å². The van der Waals surface area contributed by atoms with Crippen molar-refractivity contribution in [3.8, 4) is 0 Å². The summed E-state index contributed by atoms with van der Waals surface area (Å²) in [6.07, 6.45) is 4.50. The number of likely N-dealkylation sites (tertiary alicyclic amines) is 1. The van der Waals surface area contributed by atoms with Crippen molar-refractivity contribution in [1.82, 2.24) is 15.2 Å². The van der Waals surface area contributed by atoms with Crippen LogP contribution in [-0.4, -0.2) is 55.7 Å². The highest BCUT2D eigenvalue weighted by Crippen LogP contribution is 2.19. The second-order valence-corrected chi connectivity index (χ2v) is 6.61. The van der Waals surface area contributed by atoms with Crippen LogP contribution in [0.3, 0.4) is 0 Å². The van der Waals surface area contributed by atoms with Crippen LogP contribution >= 0.6 is 0 Å². The highest BCUT2D eigenvalue weighted by atomic mass is 16.5. The summed E-state index contributed by atoms with van der Waals surface area (Å²) in [7, 11) is 1.74. The molecule has 0 bridgehead atoms. The molecule has 0 unspecified atom stereocenters. The van der Waals surface area contributed by atoms with E-state index in [1.54, 1.807) is 7.11 Å². The molecular formula is C19H27N3O2. The van der Waals surface area contributed by atoms with Crippen LogP contribution in [0.5, 0.6) is 0 Å². The van der Waals surface area contributed by atoms with Gasteiger partial charge in [0.05, 0.1) is 6.61 Å². The number of aromatic amines is 1. The lowest BCUT2D eigenvalue weighted by Crippen LogP contribution is -2.31. The molecule has 1 amide bonds. The fourth-order valence-electron chi connectivity index (χ4n) is 3.44. The number of rotatable bonds is 8. The number of aryl methyl sites for hydroxylation is 1. The number of carbonyl (C=O) groups excluding carboxylic acids is 1. The smallest absolute Gasteiger partial charge is 0.220 e. The minimum atomic E-state index is 0.149. The summed E-state index contributed by atoms with van der Waals surface area (Å²) in [5, 5.41) is 4.32. The molecule has 1 aromatic carbocycles. The molecule has 130 valence electrons. The first-order chi connectivity index (χ1) is 11.8. The number of para-hydroxylation sites is 1. The van der Waals surface area contributed by atoms with Gasteiger partial charge in [-0.1, -0.05) is 18.2 Å². The number of aromatic nitrogens is 1. The average Bonchev–Trinajstić information content (AvgIpc) is 3.23. The first kappa shape index (κ1) is 17.0. The standard InChI is InChI=1S/C19H27N3O2/c1-24-11-10-22-9-8-15(14-22)12-21-19(23)7-6-16-13-20-18-5-3-2-4-17(16)18/h2-5,13,15,20H,6-12,14H2,1H3,(H,21,23)/t15-/m1/s1. The normalized spacial score (nSPS) is 18.3. The van der Waals surface area contributed by atoms with E-state index in [9.17, 15) is 4.79 Å². The number of carbonyl (C=O) groups is 1. The average molecular weight is 329 g/mol. The molecule has 3 rings (SSSR count). The van der Waals surface area contributed by atoms with Crippen LogP contribution in [-0.2, 0) is 16.0 Å². The number of amides is 1. The Balaban J connectivity index is 1.39. The molecule has 5 nitrogen and oxygen atoms in total. The number of fused-ring (bicyclic) bond motifs is 1. The summed E-state index contributed by atoms with van der Waals surface area (Å²) in [5.74, 6) is 0.717. The number of nitrogens with one attached hydrogen (secondary N) is 2. The molecule has 2 aromatic rings. The summed E-state index contributed by atoms with van der Waals surface area (Å²) in [5.41, 5.74) is 2.35. The molecule has 0 saturated carbocycles. The van der Waals surface area contributed by atoms with Crippen molar-refractivity contribution in [2.75, 3.05) is 39.9 Å². The number of methoxy groups -OCH3 is 1. The summed E-state index contributed by atoms with van der Waals surface area (Å²) < 4.78 is 5.12. The van der Waals surface area contributed by atoms with Gasteiger partial charge in [0.25, 0.3) is 0 Å². The Kier molecular flexibility index (Phi) is 5.88. The minimum absolute atomic E-state index is 0.149. The molecule has 0 radical (unpaired) electrons. The third-order valence-corrected chi connectivity index (χ3v) is 4.87. The number of nitrogens with zero attached hydrogens (tertiary/aromatic N) is 1. The van der Waals surface area contributed by atoms with E-state index in [1.807, 2.05) is 18.3 Å². The van der Waals surface area contributed by atoms with Crippen molar-refractivity contribution < 1.29 is 9.53 Å². The van der Waals surface area contributed by atoms with Crippen molar-refractivity contribution in [2.45, 2.75) is 19.3 Å². The number of hydrogen-bond acceptors (Lipinski definition) is 3. The van der Waals surface area contributed by atoms with Gasteiger partial charge in [0.2, 0.25) is 5.91 Å². The van der Waals surface area contributed by atoms with Gasteiger partial charge < -0.3 is 19.9 Å². The monoisotopic (exact) mass is 329 g/mol. The molecule has 1 atom stereocenters. The topological polar surface area (TPSA) is 57.4 Å². The van der Waals surface area contributed by atoms with Crippen molar-refractivity contribution in [1.29, 1.82) is 0 Å². The summed E-state index contributed by atoms with van der Waals surface area (Å²) >= 11 is 0. The minimum Gasteiger partial charge on any atom is -0.383 e. The van der Waals surface area contributed by atoms with E-state index in [1.165, 1.54) is 10.9 Å². The quantitative estimate of drug-likeness (QED) is 0.780. The highest BCUT2D eigenvalue weighted by Gasteiger charge is 2.22. The van der Waals surface area contributed by atoms with E-state index < -0.39 is 0 Å².